The van der Waals surface area contributed by atoms with E-state index >= 15 is 0 Å². The van der Waals surface area contributed by atoms with Gasteiger partial charge in [-0.2, -0.15) is 0 Å². The topological polar surface area (TPSA) is 43.4 Å². The van der Waals surface area contributed by atoms with Crippen LogP contribution in [0.4, 0.5) is 0 Å². The zero-order valence-corrected chi connectivity index (χ0v) is 14.1. The first-order valence-electron chi connectivity index (χ1n) is 9.09. The molecule has 3 nitrogen and oxygen atoms in total. The van der Waals surface area contributed by atoms with Crippen molar-refractivity contribution >= 4 is 11.8 Å². The van der Waals surface area contributed by atoms with Gasteiger partial charge in [-0.3, -0.25) is 9.59 Å². The summed E-state index contributed by atoms with van der Waals surface area (Å²) in [7, 11) is 0. The lowest BCUT2D eigenvalue weighted by Crippen LogP contribution is -2.47. The van der Waals surface area contributed by atoms with Crippen LogP contribution in [0.3, 0.4) is 0 Å². The van der Waals surface area contributed by atoms with Crippen LogP contribution in [0.5, 0.6) is 0 Å². The standard InChI is InChI=1S/C20H26O3/c1-12(21)23-19-8-7-18-17-5-3-13-11-14(22)4-6-15(13)16(17)9-10-20(18,19)2/h3,5,11,15-19H,4,6-10H2,1-2H3/t15?,16?,17?,18?,19?,20-/m0/s1. The first-order valence-corrected chi connectivity index (χ1v) is 9.09. The van der Waals surface area contributed by atoms with Crippen LogP contribution in [-0.2, 0) is 14.3 Å². The predicted octanol–water partition coefficient (Wildman–Crippen LogP) is 3.84. The Morgan fingerprint density at radius 1 is 1.26 bits per heavy atom. The van der Waals surface area contributed by atoms with E-state index in [0.29, 0.717) is 30.1 Å². The highest BCUT2D eigenvalue weighted by molar-refractivity contribution is 5.91. The molecule has 0 amide bonds. The van der Waals surface area contributed by atoms with E-state index in [9.17, 15) is 9.59 Å². The molecule has 0 aliphatic heterocycles. The molecule has 23 heavy (non-hydrogen) atoms. The van der Waals surface area contributed by atoms with Crippen molar-refractivity contribution in [2.75, 3.05) is 0 Å². The first kappa shape index (κ1) is 15.2. The van der Waals surface area contributed by atoms with E-state index in [1.54, 1.807) is 0 Å². The third-order valence-corrected chi connectivity index (χ3v) is 7.09. The summed E-state index contributed by atoms with van der Waals surface area (Å²) in [6.07, 6.45) is 12.8. The van der Waals surface area contributed by atoms with Crippen LogP contribution in [0.2, 0.25) is 0 Å². The number of hydrogen-bond donors (Lipinski definition) is 0. The lowest BCUT2D eigenvalue weighted by atomic mass is 9.54. The molecule has 0 aromatic rings. The second-order valence-electron chi connectivity index (χ2n) is 8.18. The van der Waals surface area contributed by atoms with Gasteiger partial charge in [-0.25, -0.2) is 0 Å². The number of carbonyl (C=O) groups excluding carboxylic acids is 2. The van der Waals surface area contributed by atoms with Crippen LogP contribution in [0.1, 0.15) is 52.4 Å². The van der Waals surface area contributed by atoms with Crippen LogP contribution in [0, 0.1) is 29.1 Å². The molecule has 0 aromatic heterocycles. The highest BCUT2D eigenvalue weighted by Gasteiger charge is 2.56. The van der Waals surface area contributed by atoms with Crippen LogP contribution < -0.4 is 0 Å². The molecule has 0 radical (unpaired) electrons. The third kappa shape index (κ3) is 2.31. The van der Waals surface area contributed by atoms with Gasteiger partial charge in [-0.05, 0) is 67.4 Å². The minimum atomic E-state index is -0.144. The molecule has 0 bridgehead atoms. The second kappa shape index (κ2) is 5.32. The monoisotopic (exact) mass is 314 g/mol. The van der Waals surface area contributed by atoms with Gasteiger partial charge in [0, 0.05) is 18.8 Å². The number of ether oxygens (including phenoxy) is 1. The SMILES string of the molecule is CC(=O)OC1CCC2C3C=CC4=CC(=O)CCC4C3CC[C@]12C. The first-order chi connectivity index (χ1) is 11.0. The van der Waals surface area contributed by atoms with Gasteiger partial charge >= 0.3 is 5.97 Å². The number of esters is 1. The largest absolute Gasteiger partial charge is 0.462 e. The Morgan fingerprint density at radius 3 is 2.87 bits per heavy atom. The maximum atomic E-state index is 11.7. The molecule has 4 aliphatic carbocycles. The van der Waals surface area contributed by atoms with Crippen molar-refractivity contribution in [1.82, 2.24) is 0 Å². The Morgan fingerprint density at radius 2 is 2.09 bits per heavy atom. The minimum absolute atomic E-state index is 0.0872. The Kier molecular flexibility index (Phi) is 3.51. The third-order valence-electron chi connectivity index (χ3n) is 7.09. The fourth-order valence-corrected chi connectivity index (χ4v) is 6.00. The maximum absolute atomic E-state index is 11.7. The van der Waals surface area contributed by atoms with E-state index in [-0.39, 0.29) is 23.3 Å². The van der Waals surface area contributed by atoms with Gasteiger partial charge < -0.3 is 4.74 Å². The van der Waals surface area contributed by atoms with Gasteiger partial charge in [0.25, 0.3) is 0 Å². The van der Waals surface area contributed by atoms with E-state index < -0.39 is 0 Å². The Hall–Kier alpha value is -1.38. The molecule has 0 heterocycles. The molecule has 2 saturated carbocycles. The maximum Gasteiger partial charge on any atom is 0.302 e. The molecule has 0 N–H and O–H groups in total. The van der Waals surface area contributed by atoms with E-state index in [1.807, 2.05) is 6.08 Å². The summed E-state index contributed by atoms with van der Waals surface area (Å²) in [5.41, 5.74) is 1.39. The molecule has 6 atom stereocenters. The van der Waals surface area contributed by atoms with Crippen molar-refractivity contribution in [3.05, 3.63) is 23.8 Å². The summed E-state index contributed by atoms with van der Waals surface area (Å²) in [6.45, 7) is 3.86. The fraction of sp³-hybridized carbons (Fsp3) is 0.700. The highest BCUT2D eigenvalue weighted by Crippen LogP contribution is 2.60. The molecule has 0 saturated heterocycles. The minimum Gasteiger partial charge on any atom is -0.462 e. The molecule has 4 rings (SSSR count). The normalized spacial score (nSPS) is 44.9. The van der Waals surface area contributed by atoms with Crippen molar-refractivity contribution < 1.29 is 14.3 Å². The number of hydrogen-bond acceptors (Lipinski definition) is 3. The summed E-state index contributed by atoms with van der Waals surface area (Å²) in [5, 5.41) is 0. The van der Waals surface area contributed by atoms with Crippen molar-refractivity contribution in [3.63, 3.8) is 0 Å². The lowest BCUT2D eigenvalue weighted by molar-refractivity contribution is -0.155. The summed E-state index contributed by atoms with van der Waals surface area (Å²) in [6, 6.07) is 0. The number of carbonyl (C=O) groups is 2. The van der Waals surface area contributed by atoms with Crippen LogP contribution in [0.15, 0.2) is 23.8 Å². The van der Waals surface area contributed by atoms with Crippen molar-refractivity contribution in [2.24, 2.45) is 29.1 Å². The van der Waals surface area contributed by atoms with E-state index in [4.69, 9.17) is 4.74 Å². The molecule has 5 unspecified atom stereocenters. The quantitative estimate of drug-likeness (QED) is 0.691. The van der Waals surface area contributed by atoms with Gasteiger partial charge in [-0.15, -0.1) is 0 Å². The van der Waals surface area contributed by atoms with Crippen LogP contribution >= 0.6 is 0 Å². The number of allylic oxidation sites excluding steroid dienone is 4. The average molecular weight is 314 g/mol. The van der Waals surface area contributed by atoms with Crippen molar-refractivity contribution in [2.45, 2.75) is 58.5 Å². The van der Waals surface area contributed by atoms with Crippen molar-refractivity contribution in [1.29, 1.82) is 0 Å². The summed E-state index contributed by atoms with van der Waals surface area (Å²) >= 11 is 0. The molecular weight excluding hydrogens is 288 g/mol. The predicted molar refractivity (Wildman–Crippen MR) is 87.6 cm³/mol. The van der Waals surface area contributed by atoms with Gasteiger partial charge in [0.15, 0.2) is 5.78 Å². The molecule has 4 aliphatic rings. The molecule has 124 valence electrons. The van der Waals surface area contributed by atoms with Crippen LogP contribution in [-0.4, -0.2) is 17.9 Å². The molecule has 0 spiro atoms. The second-order valence-corrected chi connectivity index (χ2v) is 8.18. The average Bonchev–Trinajstić information content (AvgIpc) is 2.83. The lowest BCUT2D eigenvalue weighted by Gasteiger charge is -2.51. The smallest absolute Gasteiger partial charge is 0.302 e. The molecular formula is C20H26O3. The molecule has 3 heteroatoms. The highest BCUT2D eigenvalue weighted by atomic mass is 16.5. The molecule has 2 fully saturated rings. The van der Waals surface area contributed by atoms with Crippen molar-refractivity contribution in [3.8, 4) is 0 Å². The zero-order chi connectivity index (χ0) is 16.2. The Balaban J connectivity index is 1.62. The van der Waals surface area contributed by atoms with Gasteiger partial charge in [0.1, 0.15) is 6.10 Å². The van der Waals surface area contributed by atoms with Crippen LogP contribution in [0.25, 0.3) is 0 Å². The Bertz CT molecular complexity index is 602. The molecule has 0 aromatic carbocycles. The van der Waals surface area contributed by atoms with E-state index in [2.05, 4.69) is 19.1 Å². The zero-order valence-electron chi connectivity index (χ0n) is 14.1. The van der Waals surface area contributed by atoms with Gasteiger partial charge in [-0.1, -0.05) is 19.1 Å². The summed E-state index contributed by atoms with van der Waals surface area (Å²) < 4.78 is 5.67. The number of fused-ring (bicyclic) bond motifs is 5. The van der Waals surface area contributed by atoms with E-state index in [1.165, 1.54) is 18.9 Å². The van der Waals surface area contributed by atoms with Gasteiger partial charge in [0.05, 0.1) is 0 Å². The van der Waals surface area contributed by atoms with E-state index in [0.717, 1.165) is 25.7 Å². The summed E-state index contributed by atoms with van der Waals surface area (Å²) in [4.78, 5) is 23.1. The number of ketones is 1. The Labute approximate surface area is 138 Å². The van der Waals surface area contributed by atoms with Gasteiger partial charge in [0.2, 0.25) is 0 Å². The number of rotatable bonds is 1. The fourth-order valence-electron chi connectivity index (χ4n) is 6.00. The summed E-state index contributed by atoms with van der Waals surface area (Å²) in [5.74, 6) is 2.59.